The van der Waals surface area contributed by atoms with Crippen molar-refractivity contribution in [3.8, 4) is 17.2 Å². The lowest BCUT2D eigenvalue weighted by Crippen LogP contribution is -2.58. The van der Waals surface area contributed by atoms with Crippen molar-refractivity contribution in [3.05, 3.63) is 70.2 Å². The summed E-state index contributed by atoms with van der Waals surface area (Å²) in [6.45, 7) is 2.90. The maximum atomic E-state index is 13.1. The molecule has 40 heavy (non-hydrogen) atoms. The molecule has 210 valence electrons. The Bertz CT molecular complexity index is 1380. The number of thiazole rings is 1. The molecular weight excluding hydrogens is 538 g/mol. The highest BCUT2D eigenvalue weighted by Gasteiger charge is 2.31. The number of aromatic hydroxyl groups is 1. The molecule has 2 aliphatic rings. The summed E-state index contributed by atoms with van der Waals surface area (Å²) in [5, 5.41) is 33.2. The fourth-order valence-corrected chi connectivity index (χ4v) is 4.51. The van der Waals surface area contributed by atoms with E-state index in [1.165, 1.54) is 43.4 Å². The van der Waals surface area contributed by atoms with Crippen LogP contribution in [0.15, 0.2) is 54.0 Å². The molecule has 0 unspecified atom stereocenters. The van der Waals surface area contributed by atoms with E-state index in [1.807, 2.05) is 0 Å². The molecule has 2 aliphatic heterocycles. The zero-order chi connectivity index (χ0) is 28.8. The Morgan fingerprint density at radius 3 is 2.50 bits per heavy atom. The van der Waals surface area contributed by atoms with E-state index in [1.54, 1.807) is 35.8 Å². The summed E-state index contributed by atoms with van der Waals surface area (Å²) in [5.41, 5.74) is 0.547. The number of benzene rings is 2. The number of rotatable bonds is 4. The number of phenols is 1. The lowest BCUT2D eigenvalue weighted by Gasteiger charge is -2.25. The van der Waals surface area contributed by atoms with Crippen molar-refractivity contribution in [2.75, 3.05) is 0 Å². The summed E-state index contributed by atoms with van der Waals surface area (Å²) in [7, 11) is 0. The highest BCUT2D eigenvalue weighted by Crippen LogP contribution is 2.28. The summed E-state index contributed by atoms with van der Waals surface area (Å²) in [4.78, 5) is 56.2. The van der Waals surface area contributed by atoms with Gasteiger partial charge in [0.05, 0.1) is 18.2 Å². The van der Waals surface area contributed by atoms with E-state index >= 15 is 0 Å². The van der Waals surface area contributed by atoms with Crippen LogP contribution < -0.4 is 26.0 Å². The molecule has 0 radical (unpaired) electrons. The number of aliphatic hydroxyl groups is 1. The normalized spacial score (nSPS) is 20.7. The number of carbonyl (C=O) groups excluding carboxylic acids is 4. The SMILES string of the molecule is C[C@@H]1NC(=O)[C@H]([C@@H](C)O)NC(=O)c2cc(ccc2O)Oc2ccc(cc2)C[C@@H](C(=O)NCc2nccs2)NC1=O. The number of fused-ring (bicyclic) bond motifs is 11. The third-order valence-electron chi connectivity index (χ3n) is 6.15. The van der Waals surface area contributed by atoms with Crippen molar-refractivity contribution in [3.63, 3.8) is 0 Å². The second-order valence-electron chi connectivity index (χ2n) is 9.26. The van der Waals surface area contributed by atoms with Crippen LogP contribution in [0.2, 0.25) is 0 Å². The molecule has 4 bridgehead atoms. The zero-order valence-corrected chi connectivity index (χ0v) is 22.5. The van der Waals surface area contributed by atoms with Gasteiger partial charge in [-0.3, -0.25) is 19.2 Å². The Hall–Kier alpha value is -4.49. The predicted octanol–water partition coefficient (Wildman–Crippen LogP) is 0.982. The first-order chi connectivity index (χ1) is 19.1. The molecule has 0 saturated carbocycles. The lowest BCUT2D eigenvalue weighted by atomic mass is 10.0. The van der Waals surface area contributed by atoms with Crippen molar-refractivity contribution in [2.45, 2.75) is 51.0 Å². The number of carbonyl (C=O) groups is 4. The van der Waals surface area contributed by atoms with Crippen LogP contribution in [-0.2, 0) is 27.3 Å². The highest BCUT2D eigenvalue weighted by molar-refractivity contribution is 7.09. The van der Waals surface area contributed by atoms with Gasteiger partial charge in [-0.15, -0.1) is 11.3 Å². The molecule has 3 heterocycles. The van der Waals surface area contributed by atoms with Gasteiger partial charge >= 0.3 is 0 Å². The van der Waals surface area contributed by atoms with Crippen LogP contribution in [0.4, 0.5) is 0 Å². The molecule has 0 aliphatic carbocycles. The lowest BCUT2D eigenvalue weighted by molar-refractivity contribution is -0.133. The van der Waals surface area contributed by atoms with Gasteiger partial charge in [0.2, 0.25) is 17.7 Å². The predicted molar refractivity (Wildman–Crippen MR) is 145 cm³/mol. The van der Waals surface area contributed by atoms with Crippen LogP contribution in [0.5, 0.6) is 17.2 Å². The smallest absolute Gasteiger partial charge is 0.255 e. The van der Waals surface area contributed by atoms with E-state index in [4.69, 9.17) is 4.74 Å². The van der Waals surface area contributed by atoms with E-state index in [-0.39, 0.29) is 30.0 Å². The van der Waals surface area contributed by atoms with Gasteiger partial charge < -0.3 is 36.2 Å². The van der Waals surface area contributed by atoms with Crippen LogP contribution in [-0.4, -0.2) is 63.1 Å². The fraction of sp³-hybridized carbons (Fsp3) is 0.296. The van der Waals surface area contributed by atoms with E-state index in [0.29, 0.717) is 10.8 Å². The summed E-state index contributed by atoms with van der Waals surface area (Å²) in [6.07, 6.45) is 0.431. The van der Waals surface area contributed by atoms with Crippen molar-refractivity contribution < 1.29 is 34.1 Å². The number of aliphatic hydroxyl groups excluding tert-OH is 1. The van der Waals surface area contributed by atoms with Gasteiger partial charge in [-0.1, -0.05) is 12.1 Å². The molecular formula is C27H29N5O7S. The van der Waals surface area contributed by atoms with Gasteiger partial charge in [0.1, 0.15) is 40.4 Å². The number of aromatic nitrogens is 1. The van der Waals surface area contributed by atoms with Crippen LogP contribution in [0.3, 0.4) is 0 Å². The van der Waals surface area contributed by atoms with Gasteiger partial charge in [0, 0.05) is 18.0 Å². The molecule has 1 aromatic heterocycles. The fourth-order valence-electron chi connectivity index (χ4n) is 3.95. The molecule has 0 saturated heterocycles. The minimum absolute atomic E-state index is 0.145. The second kappa shape index (κ2) is 12.6. The standard InChI is InChI=1S/C27H29N5O7S/c1-14-24(35)31-20(26(37)29-13-22-28-9-10-40-22)11-16-3-5-17(6-4-16)39-18-7-8-21(34)19(12-18)25(36)32-23(15(2)33)27(38)30-14/h3-10,12,14-15,20,23,33-34H,11,13H2,1-2H3,(H,29,37)(H,30,38)(H,31,35)(H,32,36)/t14-,15+,20-,23-/m0/s1. The number of amides is 4. The largest absolute Gasteiger partial charge is 0.507 e. The molecule has 12 nitrogen and oxygen atoms in total. The first-order valence-corrected chi connectivity index (χ1v) is 13.3. The van der Waals surface area contributed by atoms with Crippen molar-refractivity contribution in [2.24, 2.45) is 0 Å². The molecule has 4 atom stereocenters. The number of phenolic OH excluding ortho intramolecular Hbond substituents is 1. The summed E-state index contributed by atoms with van der Waals surface area (Å²) in [5.74, 6) is -2.45. The van der Waals surface area contributed by atoms with Crippen molar-refractivity contribution >= 4 is 35.0 Å². The van der Waals surface area contributed by atoms with Gasteiger partial charge in [-0.25, -0.2) is 4.98 Å². The van der Waals surface area contributed by atoms with Crippen LogP contribution in [0.25, 0.3) is 0 Å². The number of hydrogen-bond acceptors (Lipinski definition) is 9. The Labute approximate surface area is 233 Å². The zero-order valence-electron chi connectivity index (χ0n) is 21.7. The van der Waals surface area contributed by atoms with E-state index in [9.17, 15) is 29.4 Å². The Morgan fingerprint density at radius 2 is 1.82 bits per heavy atom. The molecule has 6 N–H and O–H groups in total. The Balaban J connectivity index is 1.64. The first kappa shape index (κ1) is 28.5. The third-order valence-corrected chi connectivity index (χ3v) is 6.92. The molecule has 5 rings (SSSR count). The second-order valence-corrected chi connectivity index (χ2v) is 10.2. The van der Waals surface area contributed by atoms with Gasteiger partial charge in [0.25, 0.3) is 5.91 Å². The average Bonchev–Trinajstić information content (AvgIpc) is 3.45. The third kappa shape index (κ3) is 7.12. The van der Waals surface area contributed by atoms with E-state index in [0.717, 1.165) is 5.56 Å². The number of nitrogens with zero attached hydrogens (tertiary/aromatic N) is 1. The molecule has 2 aromatic carbocycles. The summed E-state index contributed by atoms with van der Waals surface area (Å²) in [6, 6.07) is 7.31. The molecule has 13 heteroatoms. The van der Waals surface area contributed by atoms with Crippen molar-refractivity contribution in [1.29, 1.82) is 0 Å². The number of nitrogens with one attached hydrogen (secondary N) is 4. The van der Waals surface area contributed by atoms with Crippen LogP contribution >= 0.6 is 11.3 Å². The summed E-state index contributed by atoms with van der Waals surface area (Å²) < 4.78 is 5.83. The topological polar surface area (TPSA) is 179 Å². The quantitative estimate of drug-likeness (QED) is 0.253. The molecule has 3 aromatic rings. The van der Waals surface area contributed by atoms with Crippen LogP contribution in [0, 0.1) is 0 Å². The van der Waals surface area contributed by atoms with E-state index < -0.39 is 47.9 Å². The monoisotopic (exact) mass is 567 g/mol. The number of ether oxygens (including phenoxy) is 1. The minimum atomic E-state index is -1.45. The summed E-state index contributed by atoms with van der Waals surface area (Å²) >= 11 is 1.38. The molecule has 0 spiro atoms. The first-order valence-electron chi connectivity index (χ1n) is 12.5. The maximum absolute atomic E-state index is 13.1. The highest BCUT2D eigenvalue weighted by atomic mass is 32.1. The van der Waals surface area contributed by atoms with Crippen LogP contribution in [0.1, 0.15) is 34.8 Å². The van der Waals surface area contributed by atoms with Gasteiger partial charge in [-0.05, 0) is 49.7 Å². The van der Waals surface area contributed by atoms with E-state index in [2.05, 4.69) is 26.3 Å². The van der Waals surface area contributed by atoms with Gasteiger partial charge in [-0.2, -0.15) is 0 Å². The number of hydrogen-bond donors (Lipinski definition) is 6. The Kier molecular flexibility index (Phi) is 8.97. The van der Waals surface area contributed by atoms with Gasteiger partial charge in [0.15, 0.2) is 0 Å². The minimum Gasteiger partial charge on any atom is -0.507 e. The molecule has 4 amide bonds. The Morgan fingerprint density at radius 1 is 1.10 bits per heavy atom. The average molecular weight is 568 g/mol. The van der Waals surface area contributed by atoms with Crippen molar-refractivity contribution in [1.82, 2.24) is 26.3 Å². The molecule has 0 fully saturated rings. The maximum Gasteiger partial charge on any atom is 0.255 e.